The molecule has 0 saturated heterocycles. The molecule has 0 aromatic heterocycles. The molecule has 0 aromatic carbocycles. The predicted molar refractivity (Wildman–Crippen MR) is 76.4 cm³/mol. The third kappa shape index (κ3) is 13.9. The van der Waals surface area contributed by atoms with E-state index >= 15 is 0 Å². The van der Waals surface area contributed by atoms with Gasteiger partial charge in [-0.05, 0) is 26.4 Å². The van der Waals surface area contributed by atoms with E-state index in [1.165, 1.54) is 64.3 Å². The fourth-order valence-corrected chi connectivity index (χ4v) is 2.14. The summed E-state index contributed by atoms with van der Waals surface area (Å²) in [6.45, 7) is 4.82. The highest BCUT2D eigenvalue weighted by Gasteiger charge is 1.97. The molecule has 0 unspecified atom stereocenters. The molecular weight excluding hydrogens is 210 g/mol. The normalized spacial score (nSPS) is 11.3. The third-order valence-corrected chi connectivity index (χ3v) is 3.34. The lowest BCUT2D eigenvalue weighted by Gasteiger charge is -2.15. The van der Waals surface area contributed by atoms with Crippen molar-refractivity contribution in [2.75, 3.05) is 26.7 Å². The molecule has 17 heavy (non-hydrogen) atoms. The minimum absolute atomic E-state index is 0.322. The van der Waals surface area contributed by atoms with Gasteiger partial charge in [-0.2, -0.15) is 0 Å². The fraction of sp³-hybridized carbons (Fsp3) is 1.00. The van der Waals surface area contributed by atoms with Crippen molar-refractivity contribution in [2.24, 2.45) is 0 Å². The van der Waals surface area contributed by atoms with Crippen LogP contribution in [0.5, 0.6) is 0 Å². The first kappa shape index (κ1) is 16.9. The summed E-state index contributed by atoms with van der Waals surface area (Å²) in [5.41, 5.74) is 0. The summed E-state index contributed by atoms with van der Waals surface area (Å²) in [4.78, 5) is 2.33. The van der Waals surface area contributed by atoms with Crippen LogP contribution < -0.4 is 0 Å². The molecule has 0 rings (SSSR count). The number of aliphatic hydroxyl groups excluding tert-OH is 1. The summed E-state index contributed by atoms with van der Waals surface area (Å²) in [6.07, 6.45) is 13.5. The van der Waals surface area contributed by atoms with E-state index in [2.05, 4.69) is 18.9 Å². The largest absolute Gasteiger partial charge is 0.396 e. The summed E-state index contributed by atoms with van der Waals surface area (Å²) in [5.74, 6) is 0. The highest BCUT2D eigenvalue weighted by Crippen LogP contribution is 2.09. The van der Waals surface area contributed by atoms with Crippen molar-refractivity contribution in [1.29, 1.82) is 0 Å². The molecule has 0 atom stereocenters. The Hall–Kier alpha value is -0.0800. The second-order valence-electron chi connectivity index (χ2n) is 5.21. The van der Waals surface area contributed by atoms with Gasteiger partial charge in [0.25, 0.3) is 0 Å². The molecule has 0 saturated carbocycles. The molecule has 0 amide bonds. The Balaban J connectivity index is 3.02. The molecule has 0 aliphatic heterocycles. The topological polar surface area (TPSA) is 23.5 Å². The minimum Gasteiger partial charge on any atom is -0.396 e. The lowest BCUT2D eigenvalue weighted by atomic mass is 10.1. The minimum atomic E-state index is 0.322. The molecular formula is C15H33NO. The van der Waals surface area contributed by atoms with Crippen LogP contribution in [-0.4, -0.2) is 36.8 Å². The van der Waals surface area contributed by atoms with Crippen molar-refractivity contribution in [3.63, 3.8) is 0 Å². The first-order valence-corrected chi connectivity index (χ1v) is 7.60. The van der Waals surface area contributed by atoms with Crippen molar-refractivity contribution in [2.45, 2.75) is 71.1 Å². The van der Waals surface area contributed by atoms with Crippen molar-refractivity contribution in [1.82, 2.24) is 4.90 Å². The molecule has 0 aliphatic rings. The van der Waals surface area contributed by atoms with Crippen LogP contribution in [0.25, 0.3) is 0 Å². The van der Waals surface area contributed by atoms with Gasteiger partial charge < -0.3 is 10.0 Å². The maximum absolute atomic E-state index is 8.72. The van der Waals surface area contributed by atoms with Gasteiger partial charge in [0.2, 0.25) is 0 Å². The second kappa shape index (κ2) is 14.0. The van der Waals surface area contributed by atoms with Gasteiger partial charge in [0.1, 0.15) is 0 Å². The highest BCUT2D eigenvalue weighted by atomic mass is 16.3. The Kier molecular flexibility index (Phi) is 13.9. The van der Waals surface area contributed by atoms with Crippen LogP contribution in [0.15, 0.2) is 0 Å². The van der Waals surface area contributed by atoms with Crippen molar-refractivity contribution in [3.8, 4) is 0 Å². The molecule has 0 spiro atoms. The third-order valence-electron chi connectivity index (χ3n) is 3.34. The highest BCUT2D eigenvalue weighted by molar-refractivity contribution is 4.53. The maximum Gasteiger partial charge on any atom is 0.0443 e. The number of hydrogen-bond acceptors (Lipinski definition) is 2. The molecule has 2 nitrogen and oxygen atoms in total. The van der Waals surface area contributed by atoms with Crippen molar-refractivity contribution >= 4 is 0 Å². The van der Waals surface area contributed by atoms with Crippen LogP contribution in [-0.2, 0) is 0 Å². The lowest BCUT2D eigenvalue weighted by molar-refractivity contribution is 0.245. The van der Waals surface area contributed by atoms with Gasteiger partial charge in [-0.3, -0.25) is 0 Å². The SMILES string of the molecule is CCCCCCCCCCCN(C)CCCO. The Morgan fingerprint density at radius 1 is 0.706 bits per heavy atom. The molecule has 2 heteroatoms. The summed E-state index contributed by atoms with van der Waals surface area (Å²) in [5, 5.41) is 8.72. The average Bonchev–Trinajstić information content (AvgIpc) is 2.34. The quantitative estimate of drug-likeness (QED) is 0.497. The van der Waals surface area contributed by atoms with E-state index in [1.54, 1.807) is 0 Å². The van der Waals surface area contributed by atoms with Crippen LogP contribution >= 0.6 is 0 Å². The first-order chi connectivity index (χ1) is 8.31. The van der Waals surface area contributed by atoms with Crippen LogP contribution in [0.4, 0.5) is 0 Å². The summed E-state index contributed by atoms with van der Waals surface area (Å²) >= 11 is 0. The van der Waals surface area contributed by atoms with Crippen molar-refractivity contribution in [3.05, 3.63) is 0 Å². The number of rotatable bonds is 13. The molecule has 0 bridgehead atoms. The molecule has 0 heterocycles. The smallest absolute Gasteiger partial charge is 0.0443 e. The second-order valence-corrected chi connectivity index (χ2v) is 5.21. The summed E-state index contributed by atoms with van der Waals surface area (Å²) < 4.78 is 0. The van der Waals surface area contributed by atoms with Crippen molar-refractivity contribution < 1.29 is 5.11 Å². The van der Waals surface area contributed by atoms with E-state index in [-0.39, 0.29) is 0 Å². The number of unbranched alkanes of at least 4 members (excludes halogenated alkanes) is 8. The molecule has 0 aliphatic carbocycles. The van der Waals surface area contributed by atoms with Crippen LogP contribution in [0.3, 0.4) is 0 Å². The van der Waals surface area contributed by atoms with E-state index in [9.17, 15) is 0 Å². The Bertz CT molecular complexity index is 139. The van der Waals surface area contributed by atoms with Crippen LogP contribution in [0.1, 0.15) is 71.1 Å². The van der Waals surface area contributed by atoms with Crippen LogP contribution in [0, 0.1) is 0 Å². The molecule has 1 N–H and O–H groups in total. The monoisotopic (exact) mass is 243 g/mol. The number of aliphatic hydroxyl groups is 1. The van der Waals surface area contributed by atoms with E-state index < -0.39 is 0 Å². The zero-order valence-corrected chi connectivity index (χ0v) is 12.1. The Morgan fingerprint density at radius 3 is 1.71 bits per heavy atom. The van der Waals surface area contributed by atoms with Gasteiger partial charge in [0.05, 0.1) is 0 Å². The predicted octanol–water partition coefficient (Wildman–Crippen LogP) is 3.83. The lowest BCUT2D eigenvalue weighted by Crippen LogP contribution is -2.21. The van der Waals surface area contributed by atoms with Crippen LogP contribution in [0.2, 0.25) is 0 Å². The van der Waals surface area contributed by atoms with Gasteiger partial charge in [-0.1, -0.05) is 58.3 Å². The van der Waals surface area contributed by atoms with E-state index in [0.29, 0.717) is 6.61 Å². The summed E-state index contributed by atoms with van der Waals surface area (Å²) in [6, 6.07) is 0. The van der Waals surface area contributed by atoms with Gasteiger partial charge in [-0.25, -0.2) is 0 Å². The molecule has 104 valence electrons. The fourth-order valence-electron chi connectivity index (χ4n) is 2.14. The molecule has 0 radical (unpaired) electrons. The number of nitrogens with zero attached hydrogens (tertiary/aromatic N) is 1. The first-order valence-electron chi connectivity index (χ1n) is 7.60. The van der Waals surface area contributed by atoms with Gasteiger partial charge >= 0.3 is 0 Å². The van der Waals surface area contributed by atoms with Gasteiger partial charge in [0.15, 0.2) is 0 Å². The summed E-state index contributed by atoms with van der Waals surface area (Å²) in [7, 11) is 2.15. The zero-order valence-electron chi connectivity index (χ0n) is 12.1. The molecule has 0 fully saturated rings. The molecule has 0 aromatic rings. The van der Waals surface area contributed by atoms with E-state index in [0.717, 1.165) is 13.0 Å². The van der Waals surface area contributed by atoms with E-state index in [1.807, 2.05) is 0 Å². The maximum atomic E-state index is 8.72. The Labute approximate surface area is 108 Å². The zero-order chi connectivity index (χ0) is 12.8. The average molecular weight is 243 g/mol. The number of hydrogen-bond donors (Lipinski definition) is 1. The standard InChI is InChI=1S/C15H33NO/c1-3-4-5-6-7-8-9-10-11-13-16(2)14-12-15-17/h17H,3-15H2,1-2H3. The van der Waals surface area contributed by atoms with E-state index in [4.69, 9.17) is 5.11 Å². The van der Waals surface area contributed by atoms with Gasteiger partial charge in [-0.15, -0.1) is 0 Å². The van der Waals surface area contributed by atoms with Gasteiger partial charge in [0, 0.05) is 13.2 Å². The Morgan fingerprint density at radius 2 is 1.18 bits per heavy atom.